The lowest BCUT2D eigenvalue weighted by molar-refractivity contribution is -0.206. The summed E-state index contributed by atoms with van der Waals surface area (Å²) in [4.78, 5) is 0. The molecule has 1 aliphatic rings. The highest BCUT2D eigenvalue weighted by Gasteiger charge is 2.23. The molecule has 0 saturated carbocycles. The molecule has 0 aromatic heterocycles. The molecule has 0 radical (unpaired) electrons. The van der Waals surface area contributed by atoms with Gasteiger partial charge in [-0.1, -0.05) is 114 Å². The minimum absolute atomic E-state index is 0.296. The van der Waals surface area contributed by atoms with E-state index in [0.29, 0.717) is 42.2 Å². The van der Waals surface area contributed by atoms with Crippen molar-refractivity contribution in [2.75, 3.05) is 13.2 Å². The zero-order chi connectivity index (χ0) is 24.9. The molecule has 0 unspecified atom stereocenters. The van der Waals surface area contributed by atoms with Crippen molar-refractivity contribution < 1.29 is 18.3 Å². The van der Waals surface area contributed by atoms with Gasteiger partial charge in [0.1, 0.15) is 0 Å². The topological polar surface area (TPSA) is 18.5 Å². The van der Waals surface area contributed by atoms with Gasteiger partial charge in [-0.05, 0) is 30.4 Å². The fourth-order valence-electron chi connectivity index (χ4n) is 4.86. The van der Waals surface area contributed by atoms with Crippen molar-refractivity contribution in [2.45, 2.75) is 104 Å². The van der Waals surface area contributed by atoms with Gasteiger partial charge in [-0.2, -0.15) is 0 Å². The first-order valence-corrected chi connectivity index (χ1v) is 13.9. The normalized spacial score (nSPS) is 18.2. The maximum atomic E-state index is 14.8. The van der Waals surface area contributed by atoms with E-state index in [0.717, 1.165) is 31.2 Å². The van der Waals surface area contributed by atoms with Crippen molar-refractivity contribution in [3.63, 3.8) is 0 Å². The number of hydrogen-bond donors (Lipinski definition) is 0. The molecule has 2 nitrogen and oxygen atoms in total. The van der Waals surface area contributed by atoms with Crippen molar-refractivity contribution >= 4 is 0 Å². The Labute approximate surface area is 211 Å². The average molecular weight is 487 g/mol. The summed E-state index contributed by atoms with van der Waals surface area (Å²) in [5.74, 6) is -1.02. The minimum atomic E-state index is -0.763. The van der Waals surface area contributed by atoms with Crippen LogP contribution in [0.1, 0.15) is 108 Å². The van der Waals surface area contributed by atoms with Gasteiger partial charge in [0.05, 0.1) is 13.2 Å². The predicted octanol–water partition coefficient (Wildman–Crippen LogP) is 9.56. The number of unbranched alkanes of at least 4 members (excludes halogenated alkanes) is 9. The van der Waals surface area contributed by atoms with Gasteiger partial charge in [-0.15, -0.1) is 0 Å². The second-order valence-electron chi connectivity index (χ2n) is 10.1. The SMILES string of the molecule is CCCCCCCCCCC1COC(c2ccc(-c3ccc(CCCCC)c(F)c3F)cc2)OC1. The molecule has 0 spiro atoms. The van der Waals surface area contributed by atoms with E-state index in [-0.39, 0.29) is 6.29 Å². The summed E-state index contributed by atoms with van der Waals surface area (Å²) < 4.78 is 41.3. The molecule has 0 atom stereocenters. The molecule has 0 bridgehead atoms. The summed E-state index contributed by atoms with van der Waals surface area (Å²) in [6, 6.07) is 10.8. The summed E-state index contributed by atoms with van der Waals surface area (Å²) in [5.41, 5.74) is 2.33. The fourth-order valence-corrected chi connectivity index (χ4v) is 4.86. The van der Waals surface area contributed by atoms with Gasteiger partial charge in [0.15, 0.2) is 17.9 Å². The first-order valence-electron chi connectivity index (χ1n) is 13.9. The molecule has 0 amide bonds. The van der Waals surface area contributed by atoms with E-state index in [1.165, 1.54) is 51.4 Å². The molecule has 2 aromatic carbocycles. The van der Waals surface area contributed by atoms with Crippen LogP contribution in [0, 0.1) is 17.6 Å². The first kappa shape index (κ1) is 27.8. The van der Waals surface area contributed by atoms with Crippen molar-refractivity contribution in [3.8, 4) is 11.1 Å². The van der Waals surface area contributed by atoms with Gasteiger partial charge >= 0.3 is 0 Å². The first-order chi connectivity index (χ1) is 17.1. The Morgan fingerprint density at radius 2 is 1.29 bits per heavy atom. The summed E-state index contributed by atoms with van der Waals surface area (Å²) >= 11 is 0. The number of ether oxygens (including phenoxy) is 2. The molecule has 0 N–H and O–H groups in total. The number of hydrogen-bond acceptors (Lipinski definition) is 2. The Balaban J connectivity index is 1.43. The fraction of sp³-hybridized carbons (Fsp3) is 0.613. The van der Waals surface area contributed by atoms with E-state index in [1.54, 1.807) is 12.1 Å². The summed E-state index contributed by atoms with van der Waals surface area (Å²) in [6.45, 7) is 5.78. The molecule has 1 heterocycles. The molecular formula is C31H44F2O2. The third-order valence-corrected chi connectivity index (χ3v) is 7.14. The maximum Gasteiger partial charge on any atom is 0.183 e. The van der Waals surface area contributed by atoms with Gasteiger partial charge in [-0.3, -0.25) is 0 Å². The zero-order valence-electron chi connectivity index (χ0n) is 21.8. The lowest BCUT2D eigenvalue weighted by Crippen LogP contribution is -2.27. The average Bonchev–Trinajstić information content (AvgIpc) is 2.89. The zero-order valence-corrected chi connectivity index (χ0v) is 21.8. The van der Waals surface area contributed by atoms with Crippen LogP contribution in [0.2, 0.25) is 0 Å². The van der Waals surface area contributed by atoms with Crippen LogP contribution in [0.4, 0.5) is 8.78 Å². The molecule has 35 heavy (non-hydrogen) atoms. The van der Waals surface area contributed by atoms with Crippen LogP contribution in [-0.2, 0) is 15.9 Å². The lowest BCUT2D eigenvalue weighted by Gasteiger charge is -2.29. The second kappa shape index (κ2) is 15.4. The Hall–Kier alpha value is -1.78. The highest BCUT2D eigenvalue weighted by atomic mass is 19.2. The van der Waals surface area contributed by atoms with Gasteiger partial charge < -0.3 is 9.47 Å². The van der Waals surface area contributed by atoms with Crippen molar-refractivity contribution in [1.29, 1.82) is 0 Å². The van der Waals surface area contributed by atoms with Crippen LogP contribution in [-0.4, -0.2) is 13.2 Å². The number of halogens is 2. The molecular weight excluding hydrogens is 442 g/mol. The van der Waals surface area contributed by atoms with E-state index in [2.05, 4.69) is 13.8 Å². The Morgan fingerprint density at radius 3 is 1.94 bits per heavy atom. The van der Waals surface area contributed by atoms with E-state index >= 15 is 0 Å². The standard InChI is InChI=1S/C31H44F2O2/c1-3-5-7-8-9-10-11-13-14-24-22-34-31(35-23-24)27-18-16-25(17-19-27)28-21-20-26(15-12-6-4-2)29(32)30(28)33/h16-21,24,31H,3-15,22-23H2,1-2H3. The number of aryl methyl sites for hydroxylation is 1. The summed E-state index contributed by atoms with van der Waals surface area (Å²) in [6.07, 6.45) is 14.9. The molecule has 4 heteroatoms. The minimum Gasteiger partial charge on any atom is -0.348 e. The predicted molar refractivity (Wildman–Crippen MR) is 140 cm³/mol. The van der Waals surface area contributed by atoms with E-state index in [1.807, 2.05) is 24.3 Å². The summed E-state index contributed by atoms with van der Waals surface area (Å²) in [7, 11) is 0. The van der Waals surface area contributed by atoms with E-state index in [9.17, 15) is 8.78 Å². The molecule has 1 fully saturated rings. The largest absolute Gasteiger partial charge is 0.348 e. The quantitative estimate of drug-likeness (QED) is 0.233. The van der Waals surface area contributed by atoms with Gasteiger partial charge in [0, 0.05) is 17.0 Å². The molecule has 3 rings (SSSR count). The monoisotopic (exact) mass is 486 g/mol. The smallest absolute Gasteiger partial charge is 0.183 e. The number of benzene rings is 2. The van der Waals surface area contributed by atoms with Crippen LogP contribution in [0.15, 0.2) is 36.4 Å². The van der Waals surface area contributed by atoms with Crippen molar-refractivity contribution in [1.82, 2.24) is 0 Å². The highest BCUT2D eigenvalue weighted by molar-refractivity contribution is 5.65. The van der Waals surface area contributed by atoms with E-state index < -0.39 is 11.6 Å². The Kier molecular flexibility index (Phi) is 12.2. The summed E-state index contributed by atoms with van der Waals surface area (Å²) in [5, 5.41) is 0. The molecule has 1 aliphatic heterocycles. The second-order valence-corrected chi connectivity index (χ2v) is 10.1. The third-order valence-electron chi connectivity index (χ3n) is 7.14. The molecule has 2 aromatic rings. The van der Waals surface area contributed by atoms with Crippen LogP contribution in [0.25, 0.3) is 11.1 Å². The number of rotatable bonds is 15. The van der Waals surface area contributed by atoms with E-state index in [4.69, 9.17) is 9.47 Å². The van der Waals surface area contributed by atoms with Gasteiger partial charge in [-0.25, -0.2) is 8.78 Å². The highest BCUT2D eigenvalue weighted by Crippen LogP contribution is 2.31. The molecule has 194 valence electrons. The van der Waals surface area contributed by atoms with Crippen molar-refractivity contribution in [3.05, 3.63) is 59.2 Å². The molecule has 1 saturated heterocycles. The van der Waals surface area contributed by atoms with Crippen LogP contribution < -0.4 is 0 Å². The van der Waals surface area contributed by atoms with Crippen molar-refractivity contribution in [2.24, 2.45) is 5.92 Å². The molecule has 0 aliphatic carbocycles. The van der Waals surface area contributed by atoms with Crippen LogP contribution in [0.5, 0.6) is 0 Å². The third kappa shape index (κ3) is 8.68. The van der Waals surface area contributed by atoms with Crippen LogP contribution in [0.3, 0.4) is 0 Å². The maximum absolute atomic E-state index is 14.8. The van der Waals surface area contributed by atoms with Gasteiger partial charge in [0.25, 0.3) is 0 Å². The van der Waals surface area contributed by atoms with Gasteiger partial charge in [0.2, 0.25) is 0 Å². The lowest BCUT2D eigenvalue weighted by atomic mass is 9.98. The Bertz CT molecular complexity index is 857. The Morgan fingerprint density at radius 1 is 0.686 bits per heavy atom. The van der Waals surface area contributed by atoms with Crippen LogP contribution >= 0.6 is 0 Å².